The lowest BCUT2D eigenvalue weighted by Crippen LogP contribution is -2.31. The number of aromatic nitrogens is 5. The Morgan fingerprint density at radius 2 is 1.10 bits per heavy atom. The summed E-state index contributed by atoms with van der Waals surface area (Å²) in [5, 5.41) is 3.59. The third kappa shape index (κ3) is 6.67. The minimum atomic E-state index is -0.0815. The van der Waals surface area contributed by atoms with Crippen LogP contribution in [0.15, 0.2) is 219 Å². The third-order valence-electron chi connectivity index (χ3n) is 13.6. The molecule has 1 aliphatic carbocycles. The molecule has 6 heteroatoms. The van der Waals surface area contributed by atoms with E-state index in [9.17, 15) is 0 Å². The number of rotatable bonds is 7. The first kappa shape index (κ1) is 40.4. The maximum Gasteiger partial charge on any atom is 0.271 e. The maximum absolute atomic E-state index is 6.91. The first-order chi connectivity index (χ1) is 33.9. The average molecular weight is 888 g/mol. The summed E-state index contributed by atoms with van der Waals surface area (Å²) >= 11 is 0. The predicted octanol–water partition coefficient (Wildman–Crippen LogP) is 15.3. The standard InChI is InChI=1S/C63H45N5O/c1-63(2,3)44-33-35-65-58(37-44)68-56-38-45(31-32-52(56)60-53-28-15-22-43-21-14-27-50(59(43)53)49-23-10-11-24-51(49)62(60)68)69-46-34-36-64-57(39-46)66-40-67(55-30-13-12-29-54(55)66)61-47(41-17-6-4-7-18-41)25-16-26-48(61)42-19-8-5-9-20-42/h4-39H,1-3H3. The topological polar surface area (TPSA) is 48.8 Å². The molecule has 69 heavy (non-hydrogen) atoms. The summed E-state index contributed by atoms with van der Waals surface area (Å²) in [5.74, 6) is 2.90. The molecule has 13 rings (SSSR count). The van der Waals surface area contributed by atoms with Gasteiger partial charge in [0, 0.05) is 41.0 Å². The molecule has 6 nitrogen and oxygen atoms in total. The molecule has 328 valence electrons. The Labute approximate surface area is 400 Å². The van der Waals surface area contributed by atoms with Gasteiger partial charge in [-0.3, -0.25) is 18.7 Å². The first-order valence-corrected chi connectivity index (χ1v) is 23.5. The SMILES string of the molecule is CC(C)(C)c1ccnc(-n2c3c(c4ccc(Oc5ccnc(-n6[c-][n+](-c7c(-c8ccccc8)cccc7-c7ccccc7)c7ccccc76)c5)cc42)-c2cccc4cccc(c24)-c2ccccc2-3)c1. The molecule has 12 aromatic rings. The van der Waals surface area contributed by atoms with E-state index in [-0.39, 0.29) is 5.41 Å². The van der Waals surface area contributed by atoms with Crippen molar-refractivity contribution in [2.45, 2.75) is 26.2 Å². The second-order valence-electron chi connectivity index (χ2n) is 18.8. The average Bonchev–Trinajstić information content (AvgIpc) is 3.91. The van der Waals surface area contributed by atoms with Gasteiger partial charge in [-0.2, -0.15) is 0 Å². The van der Waals surface area contributed by atoms with E-state index in [0.717, 1.165) is 67.0 Å². The Balaban J connectivity index is 0.976. The fraction of sp³-hybridized carbons (Fsp3) is 0.0635. The van der Waals surface area contributed by atoms with E-state index in [1.165, 1.54) is 38.6 Å². The van der Waals surface area contributed by atoms with Gasteiger partial charge in [-0.25, -0.2) is 4.98 Å². The highest BCUT2D eigenvalue weighted by atomic mass is 16.5. The second-order valence-corrected chi connectivity index (χ2v) is 18.8. The molecule has 0 aliphatic heterocycles. The smallest absolute Gasteiger partial charge is 0.271 e. The molecule has 0 fully saturated rings. The van der Waals surface area contributed by atoms with Crippen molar-refractivity contribution in [1.29, 1.82) is 0 Å². The van der Waals surface area contributed by atoms with Crippen LogP contribution in [-0.2, 0) is 5.41 Å². The van der Waals surface area contributed by atoms with Gasteiger partial charge in [-0.15, -0.1) is 0 Å². The molecule has 0 spiro atoms. The number of ether oxygens (including phenoxy) is 1. The highest BCUT2D eigenvalue weighted by Gasteiger charge is 2.30. The Hall–Kier alpha value is -8.87. The van der Waals surface area contributed by atoms with Crippen LogP contribution in [0.25, 0.3) is 106 Å². The molecule has 0 N–H and O–H groups in total. The summed E-state index contributed by atoms with van der Waals surface area (Å²) in [6, 6.07) is 73.0. The number of fused-ring (bicyclic) bond motifs is 8. The van der Waals surface area contributed by atoms with Gasteiger partial charge < -0.3 is 4.74 Å². The van der Waals surface area contributed by atoms with Gasteiger partial charge in [0.05, 0.1) is 27.9 Å². The number of hydrogen-bond acceptors (Lipinski definition) is 3. The van der Waals surface area contributed by atoms with Crippen LogP contribution in [0.1, 0.15) is 26.3 Å². The normalized spacial score (nSPS) is 12.0. The van der Waals surface area contributed by atoms with Crippen LogP contribution in [0.3, 0.4) is 0 Å². The fourth-order valence-electron chi connectivity index (χ4n) is 10.4. The van der Waals surface area contributed by atoms with E-state index in [2.05, 4.69) is 230 Å². The summed E-state index contributed by atoms with van der Waals surface area (Å²) in [6.07, 6.45) is 7.51. The molecule has 8 aromatic carbocycles. The van der Waals surface area contributed by atoms with Gasteiger partial charge in [0.1, 0.15) is 17.3 Å². The molecule has 4 aromatic heterocycles. The summed E-state index contributed by atoms with van der Waals surface area (Å²) < 4.78 is 13.5. The monoisotopic (exact) mass is 887 g/mol. The second kappa shape index (κ2) is 15.9. The van der Waals surface area contributed by atoms with Crippen LogP contribution in [0.4, 0.5) is 0 Å². The van der Waals surface area contributed by atoms with E-state index in [1.807, 2.05) is 29.1 Å². The van der Waals surface area contributed by atoms with Gasteiger partial charge in [0.15, 0.2) is 5.82 Å². The lowest BCUT2D eigenvalue weighted by atomic mass is 9.88. The molecule has 0 amide bonds. The molecular weight excluding hydrogens is 843 g/mol. The first-order valence-electron chi connectivity index (χ1n) is 23.5. The number of nitrogens with zero attached hydrogens (tertiary/aromatic N) is 5. The van der Waals surface area contributed by atoms with Crippen molar-refractivity contribution >= 4 is 32.7 Å². The Bertz CT molecular complexity index is 3910. The molecule has 0 unspecified atom stereocenters. The van der Waals surface area contributed by atoms with E-state index in [0.29, 0.717) is 17.3 Å². The van der Waals surface area contributed by atoms with E-state index in [4.69, 9.17) is 14.7 Å². The van der Waals surface area contributed by atoms with Crippen LogP contribution < -0.4 is 9.30 Å². The van der Waals surface area contributed by atoms with Crippen molar-refractivity contribution in [3.63, 3.8) is 0 Å². The Kier molecular flexibility index (Phi) is 9.31. The van der Waals surface area contributed by atoms with Gasteiger partial charge in [-0.05, 0) is 91.0 Å². The minimum absolute atomic E-state index is 0.0815. The van der Waals surface area contributed by atoms with E-state index in [1.54, 1.807) is 0 Å². The number of pyridine rings is 2. The van der Waals surface area contributed by atoms with Crippen LogP contribution in [0, 0.1) is 6.33 Å². The molecule has 0 saturated heterocycles. The zero-order valence-corrected chi connectivity index (χ0v) is 38.4. The maximum atomic E-state index is 6.91. The zero-order chi connectivity index (χ0) is 46.2. The van der Waals surface area contributed by atoms with Crippen molar-refractivity contribution in [2.24, 2.45) is 0 Å². The van der Waals surface area contributed by atoms with Crippen LogP contribution in [0.2, 0.25) is 0 Å². The Morgan fingerprint density at radius 3 is 1.86 bits per heavy atom. The molecular formula is C63H45N5O. The van der Waals surface area contributed by atoms with Gasteiger partial charge in [0.2, 0.25) is 0 Å². The van der Waals surface area contributed by atoms with Crippen molar-refractivity contribution < 1.29 is 9.30 Å². The van der Waals surface area contributed by atoms with Crippen LogP contribution in [0.5, 0.6) is 11.5 Å². The largest absolute Gasteiger partial charge is 0.458 e. The highest BCUT2D eigenvalue weighted by molar-refractivity contribution is 6.19. The zero-order valence-electron chi connectivity index (χ0n) is 38.4. The number of benzene rings is 8. The van der Waals surface area contributed by atoms with Crippen molar-refractivity contribution in [3.8, 4) is 84.6 Å². The van der Waals surface area contributed by atoms with E-state index >= 15 is 0 Å². The lowest BCUT2D eigenvalue weighted by molar-refractivity contribution is -0.571. The molecule has 4 heterocycles. The molecule has 0 radical (unpaired) electrons. The van der Waals surface area contributed by atoms with E-state index < -0.39 is 0 Å². The molecule has 0 bridgehead atoms. The summed E-state index contributed by atoms with van der Waals surface area (Å²) in [5.41, 5.74) is 16.7. The fourth-order valence-corrected chi connectivity index (χ4v) is 10.4. The van der Waals surface area contributed by atoms with Crippen molar-refractivity contribution in [1.82, 2.24) is 19.1 Å². The van der Waals surface area contributed by atoms with Crippen LogP contribution in [-0.4, -0.2) is 19.1 Å². The quantitative estimate of drug-likeness (QED) is 0.118. The number of imidazole rings is 1. The Morgan fingerprint density at radius 1 is 0.493 bits per heavy atom. The highest BCUT2D eigenvalue weighted by Crippen LogP contribution is 2.52. The number of hydrogen-bond donors (Lipinski definition) is 0. The molecule has 0 atom stereocenters. The predicted molar refractivity (Wildman–Crippen MR) is 280 cm³/mol. The van der Waals surface area contributed by atoms with Crippen molar-refractivity contribution in [3.05, 3.63) is 231 Å². The van der Waals surface area contributed by atoms with Gasteiger partial charge in [0.25, 0.3) is 6.33 Å². The van der Waals surface area contributed by atoms with Gasteiger partial charge >= 0.3 is 0 Å². The summed E-state index contributed by atoms with van der Waals surface area (Å²) in [6.45, 7) is 6.75. The number of para-hydroxylation sites is 3. The van der Waals surface area contributed by atoms with Crippen molar-refractivity contribution in [2.75, 3.05) is 0 Å². The minimum Gasteiger partial charge on any atom is -0.458 e. The third-order valence-corrected chi connectivity index (χ3v) is 13.6. The van der Waals surface area contributed by atoms with Gasteiger partial charge in [-0.1, -0.05) is 185 Å². The summed E-state index contributed by atoms with van der Waals surface area (Å²) in [4.78, 5) is 10.1. The lowest BCUT2D eigenvalue weighted by Gasteiger charge is -2.21. The van der Waals surface area contributed by atoms with Crippen LogP contribution >= 0.6 is 0 Å². The molecule has 0 saturated carbocycles. The summed E-state index contributed by atoms with van der Waals surface area (Å²) in [7, 11) is 0. The molecule has 1 aliphatic rings.